The molecule has 0 aliphatic carbocycles. The molecule has 2 aliphatic heterocycles. The number of hydrogen-bond donors (Lipinski definition) is 0. The van der Waals surface area contributed by atoms with E-state index in [0.29, 0.717) is 12.5 Å². The highest BCUT2D eigenvalue weighted by atomic mass is 16.2. The number of carbonyl (C=O) groups excluding carboxylic acids is 1. The Morgan fingerprint density at radius 1 is 1.09 bits per heavy atom. The van der Waals surface area contributed by atoms with Gasteiger partial charge in [-0.3, -0.25) is 19.7 Å². The van der Waals surface area contributed by atoms with Gasteiger partial charge in [0.15, 0.2) is 0 Å². The lowest BCUT2D eigenvalue weighted by atomic mass is 9.94. The van der Waals surface area contributed by atoms with E-state index in [9.17, 15) is 4.79 Å². The molecule has 2 aliphatic rings. The summed E-state index contributed by atoms with van der Waals surface area (Å²) in [5.74, 6) is 0.730. The number of hydrogen-bond acceptors (Lipinski definition) is 5. The minimum Gasteiger partial charge on any atom is -0.342 e. The fraction of sp³-hybridized carbons (Fsp3) is 0.706. The largest absolute Gasteiger partial charge is 0.342 e. The SMILES string of the molecule is CCN1CCN(CC(=O)N2CCC(c3cnccn3)CC2)CC1. The van der Waals surface area contributed by atoms with Crippen molar-refractivity contribution in [3.8, 4) is 0 Å². The predicted octanol–water partition coefficient (Wildman–Crippen LogP) is 0.820. The molecule has 3 rings (SSSR count). The Bertz CT molecular complexity index is 493. The summed E-state index contributed by atoms with van der Waals surface area (Å²) in [5, 5.41) is 0. The molecule has 0 spiro atoms. The van der Waals surface area contributed by atoms with Crippen LogP contribution in [0.2, 0.25) is 0 Å². The van der Waals surface area contributed by atoms with Crippen molar-refractivity contribution in [3.63, 3.8) is 0 Å². The van der Waals surface area contributed by atoms with E-state index in [1.54, 1.807) is 12.4 Å². The summed E-state index contributed by atoms with van der Waals surface area (Å²) in [6.07, 6.45) is 7.31. The zero-order valence-corrected chi connectivity index (χ0v) is 14.0. The van der Waals surface area contributed by atoms with Crippen molar-refractivity contribution < 1.29 is 4.79 Å². The van der Waals surface area contributed by atoms with Crippen LogP contribution in [0, 0.1) is 0 Å². The van der Waals surface area contributed by atoms with Crippen LogP contribution in [0.5, 0.6) is 0 Å². The topological polar surface area (TPSA) is 52.6 Å². The van der Waals surface area contributed by atoms with E-state index < -0.39 is 0 Å². The Morgan fingerprint density at radius 3 is 2.39 bits per heavy atom. The Morgan fingerprint density at radius 2 is 1.78 bits per heavy atom. The van der Waals surface area contributed by atoms with Crippen molar-refractivity contribution in [2.75, 3.05) is 52.4 Å². The number of aromatic nitrogens is 2. The lowest BCUT2D eigenvalue weighted by Crippen LogP contribution is -2.50. The maximum atomic E-state index is 12.5. The molecule has 0 saturated carbocycles. The number of amides is 1. The molecule has 1 aromatic rings. The van der Waals surface area contributed by atoms with Crippen LogP contribution in [0.25, 0.3) is 0 Å². The van der Waals surface area contributed by atoms with Gasteiger partial charge in [-0.15, -0.1) is 0 Å². The normalized spacial score (nSPS) is 21.5. The number of nitrogens with zero attached hydrogens (tertiary/aromatic N) is 5. The number of likely N-dealkylation sites (tertiary alicyclic amines) is 1. The molecule has 2 saturated heterocycles. The summed E-state index contributed by atoms with van der Waals surface area (Å²) < 4.78 is 0. The fourth-order valence-corrected chi connectivity index (χ4v) is 3.50. The van der Waals surface area contributed by atoms with E-state index in [1.807, 2.05) is 11.1 Å². The van der Waals surface area contributed by atoms with Gasteiger partial charge in [-0.05, 0) is 19.4 Å². The van der Waals surface area contributed by atoms with E-state index in [0.717, 1.165) is 64.3 Å². The molecule has 6 nitrogen and oxygen atoms in total. The van der Waals surface area contributed by atoms with Crippen LogP contribution in [0.15, 0.2) is 18.6 Å². The van der Waals surface area contributed by atoms with Gasteiger partial charge in [-0.2, -0.15) is 0 Å². The van der Waals surface area contributed by atoms with E-state index in [4.69, 9.17) is 0 Å². The lowest BCUT2D eigenvalue weighted by molar-refractivity contribution is -0.133. The molecule has 3 heterocycles. The van der Waals surface area contributed by atoms with E-state index >= 15 is 0 Å². The summed E-state index contributed by atoms with van der Waals surface area (Å²) in [7, 11) is 0. The van der Waals surface area contributed by atoms with Crippen molar-refractivity contribution in [1.29, 1.82) is 0 Å². The van der Waals surface area contributed by atoms with Crippen molar-refractivity contribution in [1.82, 2.24) is 24.7 Å². The zero-order valence-electron chi connectivity index (χ0n) is 14.0. The van der Waals surface area contributed by atoms with Crippen LogP contribution >= 0.6 is 0 Å². The highest BCUT2D eigenvalue weighted by Gasteiger charge is 2.26. The zero-order chi connectivity index (χ0) is 16.1. The second-order valence-corrected chi connectivity index (χ2v) is 6.50. The minimum absolute atomic E-state index is 0.285. The summed E-state index contributed by atoms with van der Waals surface area (Å²) in [6, 6.07) is 0. The van der Waals surface area contributed by atoms with Gasteiger partial charge in [0, 0.05) is 63.8 Å². The third kappa shape index (κ3) is 4.26. The third-order valence-corrected chi connectivity index (χ3v) is 5.12. The molecule has 23 heavy (non-hydrogen) atoms. The molecule has 0 radical (unpaired) electrons. The minimum atomic E-state index is 0.285. The first-order valence-corrected chi connectivity index (χ1v) is 8.74. The summed E-state index contributed by atoms with van der Waals surface area (Å²) in [6.45, 7) is 9.75. The van der Waals surface area contributed by atoms with Gasteiger partial charge in [-0.1, -0.05) is 6.92 Å². The van der Waals surface area contributed by atoms with E-state index in [1.165, 1.54) is 0 Å². The molecule has 0 unspecified atom stereocenters. The van der Waals surface area contributed by atoms with Gasteiger partial charge in [0.25, 0.3) is 0 Å². The van der Waals surface area contributed by atoms with Crippen molar-refractivity contribution in [2.45, 2.75) is 25.7 Å². The second kappa shape index (κ2) is 7.84. The first-order chi connectivity index (χ1) is 11.3. The van der Waals surface area contributed by atoms with Crippen LogP contribution in [0.4, 0.5) is 0 Å². The van der Waals surface area contributed by atoms with Gasteiger partial charge >= 0.3 is 0 Å². The van der Waals surface area contributed by atoms with Crippen molar-refractivity contribution >= 4 is 5.91 Å². The van der Waals surface area contributed by atoms with Gasteiger partial charge < -0.3 is 9.80 Å². The van der Waals surface area contributed by atoms with Gasteiger partial charge in [0.2, 0.25) is 5.91 Å². The Kier molecular flexibility index (Phi) is 5.56. The number of piperidine rings is 1. The third-order valence-electron chi connectivity index (χ3n) is 5.12. The molecule has 2 fully saturated rings. The highest BCUT2D eigenvalue weighted by molar-refractivity contribution is 5.78. The number of piperazine rings is 1. The molecule has 1 amide bonds. The Balaban J connectivity index is 1.43. The second-order valence-electron chi connectivity index (χ2n) is 6.50. The first-order valence-electron chi connectivity index (χ1n) is 8.74. The molecule has 0 atom stereocenters. The average molecular weight is 317 g/mol. The van der Waals surface area contributed by atoms with E-state index in [2.05, 4.69) is 26.7 Å². The van der Waals surface area contributed by atoms with Crippen LogP contribution in [-0.4, -0.2) is 82.9 Å². The molecule has 0 aromatic carbocycles. The maximum absolute atomic E-state index is 12.5. The highest BCUT2D eigenvalue weighted by Crippen LogP contribution is 2.25. The Labute approximate surface area is 138 Å². The summed E-state index contributed by atoms with van der Waals surface area (Å²) in [5.41, 5.74) is 1.07. The average Bonchev–Trinajstić information content (AvgIpc) is 2.63. The standard InChI is InChI=1S/C17H27N5O/c1-2-20-9-11-21(12-10-20)14-17(23)22-7-3-15(4-8-22)16-13-18-5-6-19-16/h5-6,13,15H,2-4,7-12,14H2,1H3. The molecule has 1 aromatic heterocycles. The number of likely N-dealkylation sites (N-methyl/N-ethyl adjacent to an activating group) is 1. The van der Waals surface area contributed by atoms with Crippen LogP contribution < -0.4 is 0 Å². The monoisotopic (exact) mass is 317 g/mol. The molecule has 126 valence electrons. The summed E-state index contributed by atoms with van der Waals surface area (Å²) >= 11 is 0. The molecule has 0 bridgehead atoms. The molecular formula is C17H27N5O. The summed E-state index contributed by atoms with van der Waals surface area (Å²) in [4.78, 5) is 27.8. The molecule has 0 N–H and O–H groups in total. The van der Waals surface area contributed by atoms with E-state index in [-0.39, 0.29) is 5.91 Å². The van der Waals surface area contributed by atoms with Crippen molar-refractivity contribution in [2.24, 2.45) is 0 Å². The predicted molar refractivity (Wildman–Crippen MR) is 89.1 cm³/mol. The quantitative estimate of drug-likeness (QED) is 0.823. The lowest BCUT2D eigenvalue weighted by Gasteiger charge is -2.36. The molecule has 6 heteroatoms. The fourth-order valence-electron chi connectivity index (χ4n) is 3.50. The van der Waals surface area contributed by atoms with Crippen molar-refractivity contribution in [3.05, 3.63) is 24.3 Å². The van der Waals surface area contributed by atoms with Crippen LogP contribution in [0.1, 0.15) is 31.4 Å². The van der Waals surface area contributed by atoms with Gasteiger partial charge in [0.1, 0.15) is 0 Å². The molecular weight excluding hydrogens is 290 g/mol. The van der Waals surface area contributed by atoms with Gasteiger partial charge in [0.05, 0.1) is 12.2 Å². The van der Waals surface area contributed by atoms with Crippen LogP contribution in [0.3, 0.4) is 0 Å². The van der Waals surface area contributed by atoms with Gasteiger partial charge in [-0.25, -0.2) is 0 Å². The smallest absolute Gasteiger partial charge is 0.236 e. The van der Waals surface area contributed by atoms with Crippen LogP contribution in [-0.2, 0) is 4.79 Å². The maximum Gasteiger partial charge on any atom is 0.236 e. The number of carbonyl (C=O) groups is 1. The number of rotatable bonds is 4. The first kappa shape index (κ1) is 16.3. The Hall–Kier alpha value is -1.53.